The van der Waals surface area contributed by atoms with Gasteiger partial charge in [0.2, 0.25) is 10.0 Å². The van der Waals surface area contributed by atoms with E-state index in [4.69, 9.17) is 15.5 Å². The van der Waals surface area contributed by atoms with Gasteiger partial charge in [0.05, 0.1) is 16.9 Å². The molecular formula is C11H9FN2O6S. The molecule has 0 heterocycles. The van der Waals surface area contributed by atoms with Gasteiger partial charge in [-0.05, 0) is 18.2 Å². The van der Waals surface area contributed by atoms with E-state index in [1.807, 2.05) is 0 Å². The number of aliphatic carboxylic acids is 2. The largest absolute Gasteiger partial charge is 0.481 e. The molecule has 8 nitrogen and oxygen atoms in total. The highest BCUT2D eigenvalue weighted by atomic mass is 32.2. The molecule has 21 heavy (non-hydrogen) atoms. The van der Waals surface area contributed by atoms with Crippen molar-refractivity contribution in [1.29, 1.82) is 5.26 Å². The number of carboxylic acids is 2. The lowest BCUT2D eigenvalue weighted by atomic mass is 10.2. The van der Waals surface area contributed by atoms with Crippen LogP contribution in [0.4, 0.5) is 4.39 Å². The Labute approximate surface area is 118 Å². The highest BCUT2D eigenvalue weighted by Crippen LogP contribution is 2.15. The second kappa shape index (κ2) is 6.29. The van der Waals surface area contributed by atoms with Crippen molar-refractivity contribution in [3.63, 3.8) is 0 Å². The van der Waals surface area contributed by atoms with E-state index in [-0.39, 0.29) is 0 Å². The number of benzene rings is 1. The number of nitrogens with zero attached hydrogens (tertiary/aromatic N) is 1. The number of carbonyl (C=O) groups is 2. The predicted molar refractivity (Wildman–Crippen MR) is 65.1 cm³/mol. The smallest absolute Gasteiger partial charge is 0.322 e. The average Bonchev–Trinajstić information content (AvgIpc) is 2.37. The van der Waals surface area contributed by atoms with Crippen LogP contribution in [0.5, 0.6) is 0 Å². The maximum atomic E-state index is 13.1. The van der Waals surface area contributed by atoms with Crippen LogP contribution < -0.4 is 4.72 Å². The quantitative estimate of drug-likeness (QED) is 0.664. The van der Waals surface area contributed by atoms with E-state index in [0.29, 0.717) is 0 Å². The van der Waals surface area contributed by atoms with Crippen molar-refractivity contribution in [2.24, 2.45) is 0 Å². The summed E-state index contributed by atoms with van der Waals surface area (Å²) in [7, 11) is -4.41. The van der Waals surface area contributed by atoms with E-state index in [0.717, 1.165) is 18.2 Å². The summed E-state index contributed by atoms with van der Waals surface area (Å²) >= 11 is 0. The van der Waals surface area contributed by atoms with E-state index < -0.39 is 50.7 Å². The van der Waals surface area contributed by atoms with E-state index >= 15 is 0 Å². The molecule has 0 aliphatic rings. The van der Waals surface area contributed by atoms with E-state index in [1.165, 1.54) is 6.07 Å². The molecule has 0 unspecified atom stereocenters. The third-order valence-corrected chi connectivity index (χ3v) is 3.81. The first kappa shape index (κ1) is 16.5. The summed E-state index contributed by atoms with van der Waals surface area (Å²) < 4.78 is 38.6. The van der Waals surface area contributed by atoms with Gasteiger partial charge in [0.25, 0.3) is 0 Å². The van der Waals surface area contributed by atoms with E-state index in [2.05, 4.69) is 0 Å². The van der Waals surface area contributed by atoms with Crippen molar-refractivity contribution in [1.82, 2.24) is 4.72 Å². The van der Waals surface area contributed by atoms with Crippen LogP contribution in [0.1, 0.15) is 12.0 Å². The van der Waals surface area contributed by atoms with Gasteiger partial charge >= 0.3 is 11.9 Å². The second-order valence-corrected chi connectivity index (χ2v) is 5.58. The summed E-state index contributed by atoms with van der Waals surface area (Å²) in [5.41, 5.74) is -0.539. The summed E-state index contributed by atoms with van der Waals surface area (Å²) in [5.74, 6) is -4.12. The minimum Gasteiger partial charge on any atom is -0.481 e. The first-order chi connectivity index (χ1) is 9.67. The van der Waals surface area contributed by atoms with Crippen LogP contribution in [0, 0.1) is 17.1 Å². The standard InChI is InChI=1S/C11H9FN2O6S/c12-8-2-1-7(3-6(8)5-13)21(19,20)14-9(11(17)18)4-10(15)16/h1-3,9,14H,4H2,(H,15,16)(H,17,18)/t9-/m1/s1. The molecule has 0 radical (unpaired) electrons. The molecule has 1 atom stereocenters. The lowest BCUT2D eigenvalue weighted by Crippen LogP contribution is -2.42. The van der Waals surface area contributed by atoms with Crippen LogP contribution in [0.3, 0.4) is 0 Å². The zero-order valence-electron chi connectivity index (χ0n) is 10.3. The number of hydrogen-bond acceptors (Lipinski definition) is 5. The topological polar surface area (TPSA) is 145 Å². The van der Waals surface area contributed by atoms with Gasteiger partial charge in [-0.15, -0.1) is 0 Å². The van der Waals surface area contributed by atoms with Crippen molar-refractivity contribution in [3.8, 4) is 6.07 Å². The summed E-state index contributed by atoms with van der Waals surface area (Å²) in [6.45, 7) is 0. The van der Waals surface area contributed by atoms with Crippen molar-refractivity contribution in [3.05, 3.63) is 29.6 Å². The maximum Gasteiger partial charge on any atom is 0.322 e. The normalized spacial score (nSPS) is 12.4. The summed E-state index contributed by atoms with van der Waals surface area (Å²) in [5, 5.41) is 25.9. The van der Waals surface area contributed by atoms with Crippen LogP contribution >= 0.6 is 0 Å². The average molecular weight is 316 g/mol. The Hall–Kier alpha value is -2.51. The van der Waals surface area contributed by atoms with Crippen molar-refractivity contribution < 1.29 is 32.6 Å². The van der Waals surface area contributed by atoms with Gasteiger partial charge in [-0.1, -0.05) is 0 Å². The molecule has 0 amide bonds. The molecule has 0 fully saturated rings. The van der Waals surface area contributed by atoms with Crippen molar-refractivity contribution in [2.45, 2.75) is 17.4 Å². The van der Waals surface area contributed by atoms with Gasteiger partial charge in [0.15, 0.2) is 0 Å². The molecule has 1 aromatic carbocycles. The Morgan fingerprint density at radius 3 is 2.48 bits per heavy atom. The number of nitrogens with one attached hydrogen (secondary N) is 1. The third kappa shape index (κ3) is 4.23. The lowest BCUT2D eigenvalue weighted by molar-refractivity contribution is -0.145. The zero-order chi connectivity index (χ0) is 16.2. The highest BCUT2D eigenvalue weighted by Gasteiger charge is 2.28. The van der Waals surface area contributed by atoms with Gasteiger partial charge in [-0.25, -0.2) is 12.8 Å². The van der Waals surface area contributed by atoms with Gasteiger partial charge in [-0.2, -0.15) is 9.98 Å². The molecule has 1 aromatic rings. The van der Waals surface area contributed by atoms with Crippen LogP contribution in [-0.2, 0) is 19.6 Å². The Morgan fingerprint density at radius 2 is 2.00 bits per heavy atom. The fraction of sp³-hybridized carbons (Fsp3) is 0.182. The first-order valence-electron chi connectivity index (χ1n) is 5.34. The number of sulfonamides is 1. The molecule has 0 aliphatic heterocycles. The molecule has 0 bridgehead atoms. The van der Waals surface area contributed by atoms with E-state index in [9.17, 15) is 22.4 Å². The predicted octanol–water partition coefficient (Wildman–Crippen LogP) is -0.0964. The van der Waals surface area contributed by atoms with Gasteiger partial charge in [0.1, 0.15) is 17.9 Å². The Morgan fingerprint density at radius 1 is 1.38 bits per heavy atom. The molecule has 0 aromatic heterocycles. The molecule has 0 saturated carbocycles. The number of rotatable bonds is 6. The Balaban J connectivity index is 3.13. The van der Waals surface area contributed by atoms with Crippen LogP contribution in [0.2, 0.25) is 0 Å². The number of hydrogen-bond donors (Lipinski definition) is 3. The van der Waals surface area contributed by atoms with E-state index in [1.54, 1.807) is 4.72 Å². The second-order valence-electron chi connectivity index (χ2n) is 3.86. The molecule has 3 N–H and O–H groups in total. The summed E-state index contributed by atoms with van der Waals surface area (Å²) in [4.78, 5) is 20.8. The molecule has 10 heteroatoms. The molecule has 0 spiro atoms. The first-order valence-corrected chi connectivity index (χ1v) is 6.82. The fourth-order valence-electron chi connectivity index (χ4n) is 1.37. The van der Waals surface area contributed by atoms with Gasteiger partial charge < -0.3 is 10.2 Å². The fourth-order valence-corrected chi connectivity index (χ4v) is 2.58. The monoisotopic (exact) mass is 316 g/mol. The van der Waals surface area contributed by atoms with Crippen LogP contribution in [0.15, 0.2) is 23.1 Å². The molecule has 112 valence electrons. The summed E-state index contributed by atoms with van der Waals surface area (Å²) in [6.07, 6.45) is -0.971. The minimum atomic E-state index is -4.41. The zero-order valence-corrected chi connectivity index (χ0v) is 11.1. The number of carboxylic acid groups (broad SMARTS) is 2. The lowest BCUT2D eigenvalue weighted by Gasteiger charge is -2.13. The van der Waals surface area contributed by atoms with Crippen molar-refractivity contribution in [2.75, 3.05) is 0 Å². The third-order valence-electron chi connectivity index (χ3n) is 2.34. The molecule has 1 rings (SSSR count). The Kier molecular flexibility index (Phi) is 4.96. The molecule has 0 saturated heterocycles. The van der Waals surface area contributed by atoms with Gasteiger partial charge in [-0.3, -0.25) is 9.59 Å². The maximum absolute atomic E-state index is 13.1. The van der Waals surface area contributed by atoms with Gasteiger partial charge in [0, 0.05) is 0 Å². The number of nitriles is 1. The Bertz CT molecular complexity index is 725. The minimum absolute atomic E-state index is 0.539. The van der Waals surface area contributed by atoms with Crippen LogP contribution in [0.25, 0.3) is 0 Å². The number of halogens is 1. The van der Waals surface area contributed by atoms with Crippen molar-refractivity contribution >= 4 is 22.0 Å². The summed E-state index contributed by atoms with van der Waals surface area (Å²) in [6, 6.07) is 1.84. The molecular weight excluding hydrogens is 307 g/mol. The highest BCUT2D eigenvalue weighted by molar-refractivity contribution is 7.89. The molecule has 0 aliphatic carbocycles. The van der Waals surface area contributed by atoms with Crippen LogP contribution in [-0.4, -0.2) is 36.6 Å². The SMILES string of the molecule is N#Cc1cc(S(=O)(=O)N[C@H](CC(=O)O)C(=O)O)ccc1F.